The third kappa shape index (κ3) is 4.44. The van der Waals surface area contributed by atoms with Gasteiger partial charge in [-0.2, -0.15) is 22.5 Å². The van der Waals surface area contributed by atoms with Gasteiger partial charge in [0.1, 0.15) is 6.04 Å². The Bertz CT molecular complexity index is 893. The van der Waals surface area contributed by atoms with Crippen LogP contribution in [0.3, 0.4) is 0 Å². The van der Waals surface area contributed by atoms with Gasteiger partial charge in [-0.15, -0.1) is 0 Å². The SMILES string of the molecule is CCOC(=O)N1CCN(C(=O)[C@@H]2C[C@@H](c3cn(CC)nc3C)NS(=O)(=O)N2C)CC1. The van der Waals surface area contributed by atoms with E-state index in [0.29, 0.717) is 45.8 Å². The molecule has 2 amide bonds. The van der Waals surface area contributed by atoms with Crippen molar-refractivity contribution >= 4 is 22.2 Å². The molecule has 3 rings (SSSR count). The van der Waals surface area contributed by atoms with E-state index in [2.05, 4.69) is 9.82 Å². The largest absolute Gasteiger partial charge is 0.450 e. The molecule has 0 aliphatic carbocycles. The minimum Gasteiger partial charge on any atom is -0.450 e. The van der Waals surface area contributed by atoms with E-state index in [0.717, 1.165) is 15.6 Å². The maximum Gasteiger partial charge on any atom is 0.409 e. The first-order valence-electron chi connectivity index (χ1n) is 10.2. The molecule has 2 aliphatic rings. The number of hydrogen-bond acceptors (Lipinski definition) is 6. The molecule has 11 nitrogen and oxygen atoms in total. The van der Waals surface area contributed by atoms with Crippen LogP contribution in [0.5, 0.6) is 0 Å². The molecule has 0 spiro atoms. The molecule has 2 aliphatic heterocycles. The van der Waals surface area contributed by atoms with Gasteiger partial charge in [-0.25, -0.2) is 4.79 Å². The number of hydrogen-bond donors (Lipinski definition) is 1. The van der Waals surface area contributed by atoms with Crippen LogP contribution >= 0.6 is 0 Å². The van der Waals surface area contributed by atoms with Gasteiger partial charge in [0.25, 0.3) is 10.2 Å². The predicted octanol–water partition coefficient (Wildman–Crippen LogP) is 0.0917. The maximum atomic E-state index is 13.2. The van der Waals surface area contributed by atoms with E-state index in [9.17, 15) is 18.0 Å². The lowest BCUT2D eigenvalue weighted by atomic mass is 9.99. The Hall–Kier alpha value is -2.18. The molecule has 0 aromatic carbocycles. The van der Waals surface area contributed by atoms with Gasteiger partial charge < -0.3 is 14.5 Å². The van der Waals surface area contributed by atoms with Crippen molar-refractivity contribution in [3.05, 3.63) is 17.5 Å². The zero-order chi connectivity index (χ0) is 22.1. The standard InChI is InChI=1S/C18H30N6O5S/c1-5-24-12-14(13(3)19-24)15-11-16(21(4)30(27,28)20-15)17(25)22-7-9-23(10-8-22)18(26)29-6-2/h12,15-16,20H,5-11H2,1-4H3/t15-,16-/m0/s1. The maximum absolute atomic E-state index is 13.2. The van der Waals surface area contributed by atoms with Crippen LogP contribution in [-0.4, -0.2) is 90.2 Å². The van der Waals surface area contributed by atoms with E-state index in [4.69, 9.17) is 4.74 Å². The van der Waals surface area contributed by atoms with Gasteiger partial charge in [0.15, 0.2) is 0 Å². The summed E-state index contributed by atoms with van der Waals surface area (Å²) >= 11 is 0. The van der Waals surface area contributed by atoms with E-state index in [-0.39, 0.29) is 5.91 Å². The van der Waals surface area contributed by atoms with Crippen molar-refractivity contribution in [2.24, 2.45) is 0 Å². The summed E-state index contributed by atoms with van der Waals surface area (Å²) in [7, 11) is -2.41. The average Bonchev–Trinajstić information content (AvgIpc) is 3.10. The summed E-state index contributed by atoms with van der Waals surface area (Å²) in [6, 6.07) is -1.35. The third-order valence-corrected chi connectivity index (χ3v) is 7.25. The lowest BCUT2D eigenvalue weighted by Crippen LogP contribution is -2.60. The van der Waals surface area contributed by atoms with Crippen LogP contribution in [0.2, 0.25) is 0 Å². The van der Waals surface area contributed by atoms with Crippen molar-refractivity contribution < 1.29 is 22.7 Å². The Kier molecular flexibility index (Phi) is 6.68. The highest BCUT2D eigenvalue weighted by Gasteiger charge is 2.43. The Morgan fingerprint density at radius 2 is 1.83 bits per heavy atom. The number of aryl methyl sites for hydroxylation is 2. The van der Waals surface area contributed by atoms with E-state index in [1.54, 1.807) is 21.4 Å². The van der Waals surface area contributed by atoms with Crippen molar-refractivity contribution in [1.82, 2.24) is 28.6 Å². The van der Waals surface area contributed by atoms with Crippen LogP contribution in [0, 0.1) is 6.92 Å². The summed E-state index contributed by atoms with van der Waals surface area (Å²) in [6.07, 6.45) is 1.74. The summed E-state index contributed by atoms with van der Waals surface area (Å²) in [5, 5.41) is 4.39. The van der Waals surface area contributed by atoms with Crippen LogP contribution in [0.4, 0.5) is 4.79 Å². The molecule has 3 heterocycles. The molecule has 1 aromatic rings. The van der Waals surface area contributed by atoms with Gasteiger partial charge in [0.05, 0.1) is 18.3 Å². The fourth-order valence-electron chi connectivity index (χ4n) is 3.87. The van der Waals surface area contributed by atoms with Gasteiger partial charge in [-0.05, 0) is 27.2 Å². The number of amides is 2. The Morgan fingerprint density at radius 3 is 2.40 bits per heavy atom. The Balaban J connectivity index is 1.74. The van der Waals surface area contributed by atoms with E-state index >= 15 is 0 Å². The molecule has 1 aromatic heterocycles. The molecule has 0 unspecified atom stereocenters. The predicted molar refractivity (Wildman–Crippen MR) is 109 cm³/mol. The highest BCUT2D eigenvalue weighted by Crippen LogP contribution is 2.30. The number of aromatic nitrogens is 2. The van der Waals surface area contributed by atoms with E-state index < -0.39 is 28.4 Å². The van der Waals surface area contributed by atoms with Crippen molar-refractivity contribution in [1.29, 1.82) is 0 Å². The second-order valence-corrected chi connectivity index (χ2v) is 9.24. The minimum absolute atomic E-state index is 0.253. The first-order valence-corrected chi connectivity index (χ1v) is 11.6. The summed E-state index contributed by atoms with van der Waals surface area (Å²) in [5.74, 6) is -0.253. The fraction of sp³-hybridized carbons (Fsp3) is 0.722. The van der Waals surface area contributed by atoms with Crippen molar-refractivity contribution in [3.8, 4) is 0 Å². The Morgan fingerprint density at radius 1 is 1.20 bits per heavy atom. The molecule has 0 radical (unpaired) electrons. The molecule has 2 fully saturated rings. The molecule has 1 N–H and O–H groups in total. The smallest absolute Gasteiger partial charge is 0.409 e. The van der Waals surface area contributed by atoms with Crippen LogP contribution < -0.4 is 4.72 Å². The lowest BCUT2D eigenvalue weighted by molar-refractivity contribution is -0.137. The van der Waals surface area contributed by atoms with Crippen LogP contribution in [0.25, 0.3) is 0 Å². The molecule has 0 bridgehead atoms. The number of ether oxygens (including phenoxy) is 1. The number of carbonyl (C=O) groups is 2. The first kappa shape index (κ1) is 22.5. The molecule has 2 atom stereocenters. The molecule has 2 saturated heterocycles. The van der Waals surface area contributed by atoms with Crippen LogP contribution in [0.1, 0.15) is 37.6 Å². The zero-order valence-electron chi connectivity index (χ0n) is 17.9. The number of likely N-dealkylation sites (N-methyl/N-ethyl adjacent to an activating group) is 1. The first-order chi connectivity index (χ1) is 14.2. The second kappa shape index (κ2) is 8.90. The number of carbonyl (C=O) groups excluding carboxylic acids is 2. The zero-order valence-corrected chi connectivity index (χ0v) is 18.7. The molecule has 168 valence electrons. The molecular formula is C18H30N6O5S. The van der Waals surface area contributed by atoms with E-state index in [1.807, 2.05) is 20.0 Å². The second-order valence-electron chi connectivity index (χ2n) is 7.48. The van der Waals surface area contributed by atoms with Gasteiger partial charge in [-0.3, -0.25) is 9.48 Å². The van der Waals surface area contributed by atoms with E-state index in [1.165, 1.54) is 7.05 Å². The summed E-state index contributed by atoms with van der Waals surface area (Å²) < 4.78 is 35.9. The van der Waals surface area contributed by atoms with Crippen LogP contribution in [-0.2, 0) is 26.3 Å². The highest BCUT2D eigenvalue weighted by molar-refractivity contribution is 7.87. The van der Waals surface area contributed by atoms with Crippen molar-refractivity contribution in [3.63, 3.8) is 0 Å². The lowest BCUT2D eigenvalue weighted by Gasteiger charge is -2.40. The normalized spacial score (nSPS) is 24.7. The van der Waals surface area contributed by atoms with Gasteiger partial charge in [0, 0.05) is 51.5 Å². The quantitative estimate of drug-likeness (QED) is 0.706. The molecule has 12 heteroatoms. The molecule has 0 saturated carbocycles. The van der Waals surface area contributed by atoms with Gasteiger partial charge in [-0.1, -0.05) is 0 Å². The number of piperazine rings is 1. The van der Waals surface area contributed by atoms with Crippen LogP contribution in [0.15, 0.2) is 6.20 Å². The fourth-order valence-corrected chi connectivity index (χ4v) is 5.13. The van der Waals surface area contributed by atoms with Crippen molar-refractivity contribution in [2.75, 3.05) is 39.8 Å². The number of rotatable bonds is 4. The number of nitrogens with one attached hydrogen (secondary N) is 1. The monoisotopic (exact) mass is 442 g/mol. The third-order valence-electron chi connectivity index (χ3n) is 5.65. The molecular weight excluding hydrogens is 412 g/mol. The summed E-state index contributed by atoms with van der Waals surface area (Å²) in [5.41, 5.74) is 1.52. The Labute approximate surface area is 177 Å². The van der Waals surface area contributed by atoms with Gasteiger partial charge >= 0.3 is 6.09 Å². The highest BCUT2D eigenvalue weighted by atomic mass is 32.2. The van der Waals surface area contributed by atoms with Crippen molar-refractivity contribution in [2.45, 2.75) is 45.8 Å². The van der Waals surface area contributed by atoms with Gasteiger partial charge in [0.2, 0.25) is 5.91 Å². The summed E-state index contributed by atoms with van der Waals surface area (Å²) in [4.78, 5) is 28.3. The average molecular weight is 443 g/mol. The topological polar surface area (TPSA) is 117 Å². The number of nitrogens with zero attached hydrogens (tertiary/aromatic N) is 5. The summed E-state index contributed by atoms with van der Waals surface area (Å²) in [6.45, 7) is 7.90. The molecule has 30 heavy (non-hydrogen) atoms. The minimum atomic E-state index is -3.82.